The summed E-state index contributed by atoms with van der Waals surface area (Å²) in [5.41, 5.74) is 4.40. The Morgan fingerprint density at radius 3 is 3.04 bits per heavy atom. The molecule has 2 heterocycles. The van der Waals surface area contributed by atoms with Gasteiger partial charge < -0.3 is 5.32 Å². The first-order valence-electron chi connectivity index (χ1n) is 8.49. The predicted molar refractivity (Wildman–Crippen MR) is 96.8 cm³/mol. The number of nitrogens with zero attached hydrogens (tertiary/aromatic N) is 3. The van der Waals surface area contributed by atoms with Crippen molar-refractivity contribution in [2.24, 2.45) is 5.92 Å². The molecule has 1 N–H and O–H groups in total. The lowest BCUT2D eigenvalue weighted by Gasteiger charge is -2.21. The van der Waals surface area contributed by atoms with Gasteiger partial charge in [-0.05, 0) is 42.4 Å². The lowest BCUT2D eigenvalue weighted by Crippen LogP contribution is -2.23. The topological polar surface area (TPSA) is 59.3 Å². The monoisotopic (exact) mass is 354 g/mol. The Hall–Kier alpha value is -2.40. The summed E-state index contributed by atoms with van der Waals surface area (Å²) in [6, 6.07) is 7.48. The average Bonchev–Trinajstić information content (AvgIpc) is 3.05. The van der Waals surface area contributed by atoms with Crippen LogP contribution in [0.2, 0.25) is 5.02 Å². The summed E-state index contributed by atoms with van der Waals surface area (Å²) < 4.78 is 1.83. The minimum Gasteiger partial charge on any atom is -0.348 e. The van der Waals surface area contributed by atoms with Crippen molar-refractivity contribution in [1.82, 2.24) is 19.9 Å². The average molecular weight is 355 g/mol. The molecule has 25 heavy (non-hydrogen) atoms. The molecule has 0 saturated heterocycles. The number of aryl methyl sites for hydroxylation is 1. The lowest BCUT2D eigenvalue weighted by molar-refractivity contribution is 0.0952. The number of nitrogens with one attached hydrogen (secondary N) is 1. The first kappa shape index (κ1) is 16.1. The summed E-state index contributed by atoms with van der Waals surface area (Å²) in [6.45, 7) is 2.63. The Balaban J connectivity index is 1.59. The normalized spacial score (nSPS) is 16.6. The highest BCUT2D eigenvalue weighted by Gasteiger charge is 2.22. The minimum absolute atomic E-state index is 0.188. The maximum absolute atomic E-state index is 12.6. The van der Waals surface area contributed by atoms with Crippen LogP contribution in [0.5, 0.6) is 0 Å². The van der Waals surface area contributed by atoms with E-state index in [0.29, 0.717) is 28.7 Å². The molecule has 0 radical (unpaired) electrons. The molecule has 0 fully saturated rings. The molecule has 1 atom stereocenters. The van der Waals surface area contributed by atoms with Crippen molar-refractivity contribution < 1.29 is 4.79 Å². The predicted octanol–water partition coefficient (Wildman–Crippen LogP) is 3.44. The van der Waals surface area contributed by atoms with Gasteiger partial charge in [0.15, 0.2) is 5.65 Å². The van der Waals surface area contributed by atoms with E-state index in [4.69, 9.17) is 11.6 Å². The van der Waals surface area contributed by atoms with E-state index in [0.717, 1.165) is 24.8 Å². The number of carbonyl (C=O) groups excluding carboxylic acids is 1. The standard InChI is InChI=1S/C19H19ClN4O/c1-12-6-7-17-14(8-12)10-21-18-15(11-23-24(17)18)19(25)22-9-13-4-2-3-5-16(13)20/h2-5,10-12H,6-9H2,1H3,(H,22,25). The van der Waals surface area contributed by atoms with Gasteiger partial charge in [0.25, 0.3) is 5.91 Å². The molecule has 2 aromatic heterocycles. The highest BCUT2D eigenvalue weighted by atomic mass is 35.5. The van der Waals surface area contributed by atoms with Gasteiger partial charge in [-0.2, -0.15) is 5.10 Å². The number of benzene rings is 1. The molecule has 0 saturated carbocycles. The highest BCUT2D eigenvalue weighted by Crippen LogP contribution is 2.25. The smallest absolute Gasteiger partial charge is 0.257 e. The van der Waals surface area contributed by atoms with Crippen molar-refractivity contribution in [2.45, 2.75) is 32.7 Å². The molecule has 1 aromatic carbocycles. The largest absolute Gasteiger partial charge is 0.348 e. The molecule has 1 aliphatic rings. The molecular weight excluding hydrogens is 336 g/mol. The third kappa shape index (κ3) is 3.00. The molecule has 0 aliphatic heterocycles. The number of halogens is 1. The molecule has 0 bridgehead atoms. The second kappa shape index (κ2) is 6.48. The Morgan fingerprint density at radius 1 is 1.36 bits per heavy atom. The van der Waals surface area contributed by atoms with Crippen molar-refractivity contribution in [2.75, 3.05) is 0 Å². The van der Waals surface area contributed by atoms with Crippen LogP contribution in [-0.4, -0.2) is 20.5 Å². The van der Waals surface area contributed by atoms with Crippen LogP contribution in [0.25, 0.3) is 5.65 Å². The zero-order valence-electron chi connectivity index (χ0n) is 14.0. The first-order valence-corrected chi connectivity index (χ1v) is 8.87. The van der Waals surface area contributed by atoms with Crippen molar-refractivity contribution in [3.63, 3.8) is 0 Å². The van der Waals surface area contributed by atoms with Gasteiger partial charge in [-0.25, -0.2) is 9.50 Å². The van der Waals surface area contributed by atoms with Crippen molar-refractivity contribution in [3.05, 3.63) is 64.1 Å². The van der Waals surface area contributed by atoms with Gasteiger partial charge in [0.05, 0.1) is 6.20 Å². The zero-order valence-corrected chi connectivity index (χ0v) is 14.8. The van der Waals surface area contributed by atoms with E-state index in [1.54, 1.807) is 6.20 Å². The fourth-order valence-electron chi connectivity index (χ4n) is 3.38. The Kier molecular flexibility index (Phi) is 4.17. The number of amides is 1. The van der Waals surface area contributed by atoms with Gasteiger partial charge in [0.2, 0.25) is 0 Å². The summed E-state index contributed by atoms with van der Waals surface area (Å²) in [4.78, 5) is 17.1. The van der Waals surface area contributed by atoms with E-state index < -0.39 is 0 Å². The number of rotatable bonds is 3. The fraction of sp³-hybridized carbons (Fsp3) is 0.316. The molecule has 1 aliphatic carbocycles. The van der Waals surface area contributed by atoms with Crippen molar-refractivity contribution >= 4 is 23.2 Å². The number of hydrogen-bond acceptors (Lipinski definition) is 3. The molecule has 1 amide bonds. The SMILES string of the molecule is CC1CCc2c(cnc3c(C(=O)NCc4ccccc4Cl)cnn23)C1. The van der Waals surface area contributed by atoms with Crippen LogP contribution in [0.15, 0.2) is 36.7 Å². The van der Waals surface area contributed by atoms with Gasteiger partial charge in [-0.1, -0.05) is 36.7 Å². The summed E-state index contributed by atoms with van der Waals surface area (Å²) >= 11 is 6.14. The van der Waals surface area contributed by atoms with E-state index in [1.807, 2.05) is 35.0 Å². The molecular formula is C19H19ClN4O. The second-order valence-corrected chi connectivity index (χ2v) is 7.05. The zero-order chi connectivity index (χ0) is 17.4. The Morgan fingerprint density at radius 2 is 2.20 bits per heavy atom. The molecule has 3 aromatic rings. The summed E-state index contributed by atoms with van der Waals surface area (Å²) in [7, 11) is 0. The van der Waals surface area contributed by atoms with Gasteiger partial charge in [0.1, 0.15) is 5.56 Å². The van der Waals surface area contributed by atoms with Crippen LogP contribution in [0.1, 0.15) is 40.5 Å². The van der Waals surface area contributed by atoms with E-state index >= 15 is 0 Å². The number of fused-ring (bicyclic) bond motifs is 3. The number of hydrogen-bond donors (Lipinski definition) is 1. The van der Waals surface area contributed by atoms with Gasteiger partial charge >= 0.3 is 0 Å². The van der Waals surface area contributed by atoms with Crippen LogP contribution in [-0.2, 0) is 19.4 Å². The number of carbonyl (C=O) groups is 1. The molecule has 6 heteroatoms. The third-order valence-corrected chi connectivity index (χ3v) is 5.17. The van der Waals surface area contributed by atoms with E-state index in [9.17, 15) is 4.79 Å². The molecule has 4 rings (SSSR count). The molecule has 5 nitrogen and oxygen atoms in total. The van der Waals surface area contributed by atoms with E-state index in [2.05, 4.69) is 22.3 Å². The van der Waals surface area contributed by atoms with Crippen molar-refractivity contribution in [3.8, 4) is 0 Å². The van der Waals surface area contributed by atoms with Crippen LogP contribution < -0.4 is 5.32 Å². The molecule has 128 valence electrons. The van der Waals surface area contributed by atoms with Crippen LogP contribution in [0, 0.1) is 5.92 Å². The Labute approximate surface area is 151 Å². The maximum Gasteiger partial charge on any atom is 0.257 e. The quantitative estimate of drug-likeness (QED) is 0.783. The number of aromatic nitrogens is 3. The third-order valence-electron chi connectivity index (χ3n) is 4.80. The molecule has 0 spiro atoms. The maximum atomic E-state index is 12.6. The summed E-state index contributed by atoms with van der Waals surface area (Å²) in [6.07, 6.45) is 6.62. The van der Waals surface area contributed by atoms with Crippen LogP contribution in [0.3, 0.4) is 0 Å². The molecule has 1 unspecified atom stereocenters. The van der Waals surface area contributed by atoms with Gasteiger partial charge in [0, 0.05) is 23.5 Å². The lowest BCUT2D eigenvalue weighted by atomic mass is 9.89. The minimum atomic E-state index is -0.188. The van der Waals surface area contributed by atoms with E-state index in [-0.39, 0.29) is 5.91 Å². The highest BCUT2D eigenvalue weighted by molar-refractivity contribution is 6.31. The fourth-order valence-corrected chi connectivity index (χ4v) is 3.59. The van der Waals surface area contributed by atoms with Crippen LogP contribution in [0.4, 0.5) is 0 Å². The second-order valence-electron chi connectivity index (χ2n) is 6.65. The summed E-state index contributed by atoms with van der Waals surface area (Å²) in [5, 5.41) is 7.97. The van der Waals surface area contributed by atoms with Gasteiger partial charge in [-0.3, -0.25) is 4.79 Å². The summed E-state index contributed by atoms with van der Waals surface area (Å²) in [5.74, 6) is 0.479. The van der Waals surface area contributed by atoms with Crippen molar-refractivity contribution in [1.29, 1.82) is 0 Å². The first-order chi connectivity index (χ1) is 12.1. The van der Waals surface area contributed by atoms with Gasteiger partial charge in [-0.15, -0.1) is 0 Å². The van der Waals surface area contributed by atoms with E-state index in [1.165, 1.54) is 11.3 Å². The van der Waals surface area contributed by atoms with Crippen LogP contribution >= 0.6 is 11.6 Å². The Bertz CT molecular complexity index is 950.